The zero-order chi connectivity index (χ0) is 44.1. The van der Waals surface area contributed by atoms with Crippen molar-refractivity contribution in [3.8, 4) is 0 Å². The van der Waals surface area contributed by atoms with Crippen molar-refractivity contribution in [1.29, 1.82) is 0 Å². The van der Waals surface area contributed by atoms with Gasteiger partial charge in [0, 0.05) is 13.0 Å². The number of carbonyl (C=O) groups excluding carboxylic acids is 1. The summed E-state index contributed by atoms with van der Waals surface area (Å²) in [6.07, 6.45) is 51.9. The molecule has 60 heavy (non-hydrogen) atoms. The summed E-state index contributed by atoms with van der Waals surface area (Å²) in [4.78, 5) is 25.2. The van der Waals surface area contributed by atoms with Crippen molar-refractivity contribution in [1.82, 2.24) is 0 Å². The average Bonchev–Trinajstić information content (AvgIpc) is 3.20. The fraction of sp³-hybridized carbons (Fsp3) is 0.902. The molecule has 0 saturated heterocycles. The van der Waals surface area contributed by atoms with Gasteiger partial charge in [-0.2, -0.15) is 0 Å². The molecule has 0 aromatic carbocycles. The number of quaternary nitrogens is 1. The Labute approximate surface area is 373 Å². The predicted molar refractivity (Wildman–Crippen MR) is 254 cm³/mol. The molecule has 356 valence electrons. The van der Waals surface area contributed by atoms with E-state index in [1.54, 1.807) is 0 Å². The van der Waals surface area contributed by atoms with Crippen LogP contribution in [0.2, 0.25) is 0 Å². The minimum Gasteiger partial charge on any atom is -0.756 e. The second kappa shape index (κ2) is 44.6. The fourth-order valence-electron chi connectivity index (χ4n) is 7.24. The number of ether oxygens (including phenoxy) is 2. The maximum atomic E-state index is 12.7. The van der Waals surface area contributed by atoms with Gasteiger partial charge >= 0.3 is 5.97 Å². The molecular weight excluding hydrogens is 770 g/mol. The smallest absolute Gasteiger partial charge is 0.306 e. The quantitative estimate of drug-likeness (QED) is 0.0198. The second-order valence-corrected chi connectivity index (χ2v) is 19.9. The monoisotopic (exact) mass is 870 g/mol. The van der Waals surface area contributed by atoms with E-state index in [0.717, 1.165) is 32.1 Å². The first-order chi connectivity index (χ1) is 29.1. The summed E-state index contributed by atoms with van der Waals surface area (Å²) >= 11 is 0. The third kappa shape index (κ3) is 48.0. The predicted octanol–water partition coefficient (Wildman–Crippen LogP) is 14.9. The Balaban J connectivity index is 4.13. The van der Waals surface area contributed by atoms with Gasteiger partial charge in [0.1, 0.15) is 19.3 Å². The zero-order valence-corrected chi connectivity index (χ0v) is 41.3. The molecule has 2 unspecified atom stereocenters. The van der Waals surface area contributed by atoms with Crippen LogP contribution in [0.1, 0.15) is 239 Å². The van der Waals surface area contributed by atoms with Crippen LogP contribution in [0.5, 0.6) is 0 Å². The van der Waals surface area contributed by atoms with E-state index in [9.17, 15) is 14.3 Å². The highest BCUT2D eigenvalue weighted by atomic mass is 31.2. The third-order valence-electron chi connectivity index (χ3n) is 11.2. The number of nitrogens with zero attached hydrogens (tertiary/aromatic N) is 1. The van der Waals surface area contributed by atoms with Crippen LogP contribution in [-0.2, 0) is 27.9 Å². The molecule has 0 N–H and O–H groups in total. The molecule has 9 heteroatoms. The molecule has 0 radical (unpaired) electrons. The standard InChI is InChI=1S/C51H100NO7P/c1-6-8-10-12-14-16-18-20-22-24-26-27-29-31-33-35-37-39-41-43-46-56-48-50(49-58-60(54,55)57-47-45-52(3,4)5)59-51(53)44-42-40-38-36-34-32-30-28-25-23-21-19-17-15-13-11-9-7-2/h20,22-23,25,50H,6-19,21,24,26-49H2,1-5H3/b22-20-,25-23-. The molecule has 0 aliphatic carbocycles. The molecule has 0 saturated carbocycles. The number of hydrogen-bond acceptors (Lipinski definition) is 7. The molecular formula is C51H100NO7P. The molecule has 0 heterocycles. The van der Waals surface area contributed by atoms with Gasteiger partial charge < -0.3 is 27.9 Å². The molecule has 0 bridgehead atoms. The molecule has 2 atom stereocenters. The highest BCUT2D eigenvalue weighted by Gasteiger charge is 2.20. The van der Waals surface area contributed by atoms with Crippen LogP contribution in [0.15, 0.2) is 24.3 Å². The number of rotatable bonds is 48. The topological polar surface area (TPSA) is 94.1 Å². The van der Waals surface area contributed by atoms with Crippen LogP contribution >= 0.6 is 7.82 Å². The number of unbranched alkanes of at least 4 members (excludes halogenated alkanes) is 30. The van der Waals surface area contributed by atoms with Gasteiger partial charge in [-0.15, -0.1) is 0 Å². The number of likely N-dealkylation sites (N-methyl/N-ethyl adjacent to an activating group) is 1. The maximum Gasteiger partial charge on any atom is 0.306 e. The zero-order valence-electron chi connectivity index (χ0n) is 40.4. The van der Waals surface area contributed by atoms with E-state index >= 15 is 0 Å². The summed E-state index contributed by atoms with van der Waals surface area (Å²) in [5.74, 6) is -0.335. The molecule has 0 rings (SSSR count). The fourth-order valence-corrected chi connectivity index (χ4v) is 7.97. The number of hydrogen-bond donors (Lipinski definition) is 0. The Morgan fingerprint density at radius 2 is 0.867 bits per heavy atom. The Morgan fingerprint density at radius 1 is 0.500 bits per heavy atom. The first kappa shape index (κ1) is 59.0. The normalized spacial score (nSPS) is 13.8. The van der Waals surface area contributed by atoms with E-state index in [-0.39, 0.29) is 25.8 Å². The van der Waals surface area contributed by atoms with Crippen LogP contribution in [0.4, 0.5) is 0 Å². The molecule has 0 aromatic rings. The SMILES string of the molecule is CCCCCCCC/C=C\CCCCCCCCCCCCOCC(COP(=O)([O-])OCC[N+](C)(C)C)OC(=O)CCCCCCCCC/C=C\CCCCCCCCC. The summed E-state index contributed by atoms with van der Waals surface area (Å²) in [5, 5.41) is 0. The summed E-state index contributed by atoms with van der Waals surface area (Å²) in [6.45, 7) is 5.44. The Morgan fingerprint density at radius 3 is 1.27 bits per heavy atom. The van der Waals surface area contributed by atoms with E-state index in [4.69, 9.17) is 18.5 Å². The van der Waals surface area contributed by atoms with E-state index in [2.05, 4.69) is 38.2 Å². The van der Waals surface area contributed by atoms with Crippen molar-refractivity contribution < 1.29 is 37.3 Å². The van der Waals surface area contributed by atoms with Gasteiger partial charge in [0.2, 0.25) is 0 Å². The van der Waals surface area contributed by atoms with Gasteiger partial charge in [0.15, 0.2) is 0 Å². The Kier molecular flexibility index (Phi) is 43.8. The summed E-state index contributed by atoms with van der Waals surface area (Å²) < 4.78 is 34.7. The van der Waals surface area contributed by atoms with Crippen molar-refractivity contribution in [3.05, 3.63) is 24.3 Å². The van der Waals surface area contributed by atoms with Crippen molar-refractivity contribution in [2.24, 2.45) is 0 Å². The van der Waals surface area contributed by atoms with Crippen LogP contribution in [0.3, 0.4) is 0 Å². The lowest BCUT2D eigenvalue weighted by molar-refractivity contribution is -0.870. The Hall–Kier alpha value is -1.02. The average molecular weight is 870 g/mol. The maximum absolute atomic E-state index is 12.7. The lowest BCUT2D eigenvalue weighted by Gasteiger charge is -2.28. The van der Waals surface area contributed by atoms with E-state index < -0.39 is 13.9 Å². The first-order valence-electron chi connectivity index (χ1n) is 25.6. The van der Waals surface area contributed by atoms with Gasteiger partial charge in [0.25, 0.3) is 7.82 Å². The number of carbonyl (C=O) groups is 1. The van der Waals surface area contributed by atoms with Gasteiger partial charge in [-0.05, 0) is 64.2 Å². The summed E-state index contributed by atoms with van der Waals surface area (Å²) in [5.41, 5.74) is 0. The number of phosphoric ester groups is 1. The largest absolute Gasteiger partial charge is 0.756 e. The number of phosphoric acid groups is 1. The molecule has 8 nitrogen and oxygen atoms in total. The lowest BCUT2D eigenvalue weighted by atomic mass is 10.1. The minimum absolute atomic E-state index is 0.0267. The third-order valence-corrected chi connectivity index (χ3v) is 12.2. The van der Waals surface area contributed by atoms with Crippen LogP contribution < -0.4 is 4.89 Å². The van der Waals surface area contributed by atoms with Gasteiger partial charge in [0.05, 0.1) is 34.4 Å². The van der Waals surface area contributed by atoms with Crippen LogP contribution in [0, 0.1) is 0 Å². The van der Waals surface area contributed by atoms with E-state index in [1.165, 1.54) is 186 Å². The minimum atomic E-state index is -4.53. The number of esters is 1. The van der Waals surface area contributed by atoms with Crippen LogP contribution in [0.25, 0.3) is 0 Å². The molecule has 0 aliphatic heterocycles. The molecule has 0 amide bonds. The van der Waals surface area contributed by atoms with Gasteiger partial charge in [-0.25, -0.2) is 0 Å². The Bertz CT molecular complexity index is 1010. The van der Waals surface area contributed by atoms with Gasteiger partial charge in [-0.3, -0.25) is 9.36 Å². The molecule has 0 spiro atoms. The van der Waals surface area contributed by atoms with Gasteiger partial charge in [-0.1, -0.05) is 192 Å². The number of allylic oxidation sites excluding steroid dienone is 4. The lowest BCUT2D eigenvalue weighted by Crippen LogP contribution is -2.37. The van der Waals surface area contributed by atoms with Crippen molar-refractivity contribution in [3.63, 3.8) is 0 Å². The molecule has 0 aliphatic rings. The van der Waals surface area contributed by atoms with Crippen molar-refractivity contribution in [2.75, 3.05) is 54.1 Å². The second-order valence-electron chi connectivity index (χ2n) is 18.5. The highest BCUT2D eigenvalue weighted by Crippen LogP contribution is 2.38. The molecule has 0 aromatic heterocycles. The summed E-state index contributed by atoms with van der Waals surface area (Å²) in [6, 6.07) is 0. The van der Waals surface area contributed by atoms with E-state index in [0.29, 0.717) is 24.1 Å². The van der Waals surface area contributed by atoms with Crippen molar-refractivity contribution in [2.45, 2.75) is 245 Å². The first-order valence-corrected chi connectivity index (χ1v) is 27.0. The summed E-state index contributed by atoms with van der Waals surface area (Å²) in [7, 11) is 1.36. The van der Waals surface area contributed by atoms with Crippen LogP contribution in [-0.4, -0.2) is 70.7 Å². The highest BCUT2D eigenvalue weighted by molar-refractivity contribution is 7.45. The van der Waals surface area contributed by atoms with E-state index in [1.807, 2.05) is 21.1 Å². The van der Waals surface area contributed by atoms with Crippen molar-refractivity contribution >= 4 is 13.8 Å². The molecule has 0 fully saturated rings.